The van der Waals surface area contributed by atoms with Crippen LogP contribution in [0.5, 0.6) is 0 Å². The molecule has 0 rings (SSSR count). The van der Waals surface area contributed by atoms with Gasteiger partial charge < -0.3 is 14.4 Å². The molecule has 0 aromatic carbocycles. The summed E-state index contributed by atoms with van der Waals surface area (Å²) in [7, 11) is 0. The molecule has 0 aromatic heterocycles. The molecule has 0 radical (unpaired) electrons. The zero-order chi connectivity index (χ0) is 4.12. The number of unbranched alkanes of at least 4 members (excludes halogenated alkanes) is 1. The number of hydrogen-bond acceptors (Lipinski definition) is 0. The summed E-state index contributed by atoms with van der Waals surface area (Å²) in [5.74, 6) is 0. The van der Waals surface area contributed by atoms with E-state index in [-0.39, 0.29) is 47.5 Å². The molecule has 0 heterocycles. The van der Waals surface area contributed by atoms with Gasteiger partial charge in [0.2, 0.25) is 0 Å². The molecule has 0 saturated heterocycles. The van der Waals surface area contributed by atoms with E-state index in [2.05, 4.69) is 13.5 Å². The average Bonchev–Trinajstić information content (AvgIpc) is 1.41. The van der Waals surface area contributed by atoms with Gasteiger partial charge in [0.15, 0.2) is 0 Å². The van der Waals surface area contributed by atoms with E-state index in [1.165, 1.54) is 0 Å². The smallest absolute Gasteiger partial charge is 0.358 e. The molecular formula is C6H13BrMg. The minimum absolute atomic E-state index is 0. The summed E-state index contributed by atoms with van der Waals surface area (Å²) < 4.78 is 0. The molecule has 8 heavy (non-hydrogen) atoms. The maximum Gasteiger partial charge on any atom is 2.00 e. The Bertz CT molecular complexity index is 29.7. The molecule has 0 bridgehead atoms. The Labute approximate surface area is 79.7 Å². The van der Waals surface area contributed by atoms with Crippen molar-refractivity contribution in [2.45, 2.75) is 12.8 Å². The fourth-order valence-electron chi connectivity index (χ4n) is 0.144. The van der Waals surface area contributed by atoms with Gasteiger partial charge in [0.1, 0.15) is 0 Å². The third-order valence-electron chi connectivity index (χ3n) is 0.408. The number of rotatable bonds is 2. The summed E-state index contributed by atoms with van der Waals surface area (Å²) in [5, 5.41) is 0. The van der Waals surface area contributed by atoms with Crippen molar-refractivity contribution in [2.75, 3.05) is 0 Å². The number of halogens is 1. The van der Waals surface area contributed by atoms with Crippen molar-refractivity contribution in [3.05, 3.63) is 27.0 Å². The molecule has 0 aromatic rings. The third kappa shape index (κ3) is 28.1. The largest absolute Gasteiger partial charge is 2.00 e. The SMILES string of the molecule is Br.C=CCC[CH2-].[CH3-].[Mg+2]. The van der Waals surface area contributed by atoms with Crippen molar-refractivity contribution in [1.29, 1.82) is 0 Å². The topological polar surface area (TPSA) is 0 Å². The van der Waals surface area contributed by atoms with Crippen LogP contribution in [-0.2, 0) is 0 Å². The van der Waals surface area contributed by atoms with Gasteiger partial charge in [-0.1, -0.05) is 12.5 Å². The van der Waals surface area contributed by atoms with Crippen LogP contribution in [0.25, 0.3) is 0 Å². The molecule has 0 aliphatic carbocycles. The van der Waals surface area contributed by atoms with Crippen LogP contribution in [0, 0.1) is 14.4 Å². The quantitative estimate of drug-likeness (QED) is 0.355. The Morgan fingerprint density at radius 2 is 1.88 bits per heavy atom. The van der Waals surface area contributed by atoms with Crippen molar-refractivity contribution >= 4 is 40.0 Å². The van der Waals surface area contributed by atoms with Gasteiger partial charge in [-0.05, 0) is 0 Å². The molecule has 0 spiro atoms. The first kappa shape index (κ1) is 23.1. The minimum atomic E-state index is 0. The molecule has 0 unspecified atom stereocenters. The van der Waals surface area contributed by atoms with Gasteiger partial charge >= 0.3 is 23.1 Å². The molecule has 0 fully saturated rings. The van der Waals surface area contributed by atoms with Crippen molar-refractivity contribution in [2.24, 2.45) is 0 Å². The molecule has 46 valence electrons. The van der Waals surface area contributed by atoms with Crippen molar-refractivity contribution in [3.63, 3.8) is 0 Å². The van der Waals surface area contributed by atoms with Crippen molar-refractivity contribution in [3.8, 4) is 0 Å². The standard InChI is InChI=1S/C5H9.CH3.BrH.Mg/c1-3-5-4-2;;;/h3H,1-2,4-5H2;1H3;1H;/q2*-1;;+2. The first-order valence-electron chi connectivity index (χ1n) is 1.82. The monoisotopic (exact) mass is 188 g/mol. The van der Waals surface area contributed by atoms with E-state index in [0.29, 0.717) is 0 Å². The van der Waals surface area contributed by atoms with E-state index >= 15 is 0 Å². The first-order chi connectivity index (χ1) is 2.41. The van der Waals surface area contributed by atoms with Crippen molar-refractivity contribution in [1.82, 2.24) is 0 Å². The van der Waals surface area contributed by atoms with Gasteiger partial charge in [-0.15, -0.1) is 23.6 Å². The van der Waals surface area contributed by atoms with Crippen molar-refractivity contribution < 1.29 is 0 Å². The average molecular weight is 189 g/mol. The molecule has 0 amide bonds. The van der Waals surface area contributed by atoms with E-state index in [1.807, 2.05) is 6.08 Å². The fourth-order valence-corrected chi connectivity index (χ4v) is 0.144. The predicted octanol–water partition coefficient (Wildman–Crippen LogP) is 2.43. The summed E-state index contributed by atoms with van der Waals surface area (Å²) in [6.07, 6.45) is 3.89. The van der Waals surface area contributed by atoms with Crippen LogP contribution in [0.2, 0.25) is 0 Å². The molecule has 0 aliphatic rings. The maximum atomic E-state index is 3.60. The van der Waals surface area contributed by atoms with E-state index in [9.17, 15) is 0 Å². The minimum Gasteiger partial charge on any atom is -0.358 e. The summed E-state index contributed by atoms with van der Waals surface area (Å²) in [4.78, 5) is 0. The summed E-state index contributed by atoms with van der Waals surface area (Å²) in [6, 6.07) is 0. The zero-order valence-electron chi connectivity index (χ0n) is 5.52. The van der Waals surface area contributed by atoms with Crippen LogP contribution in [0.4, 0.5) is 0 Å². The molecular weight excluding hydrogens is 176 g/mol. The molecule has 0 saturated carbocycles. The fraction of sp³-hybridized carbons (Fsp3) is 0.333. The molecule has 0 aliphatic heterocycles. The maximum absolute atomic E-state index is 3.60. The summed E-state index contributed by atoms with van der Waals surface area (Å²) in [5.41, 5.74) is 0. The van der Waals surface area contributed by atoms with Gasteiger partial charge in [-0.2, -0.15) is 6.42 Å². The second-order valence-corrected chi connectivity index (χ2v) is 0.931. The Balaban J connectivity index is -0.0000000267. The Kier molecular flexibility index (Phi) is 70.7. The zero-order valence-corrected chi connectivity index (χ0v) is 8.65. The van der Waals surface area contributed by atoms with E-state index in [0.717, 1.165) is 12.8 Å². The van der Waals surface area contributed by atoms with Gasteiger partial charge in [-0.3, -0.25) is 0 Å². The van der Waals surface area contributed by atoms with Crippen LogP contribution < -0.4 is 0 Å². The first-order valence-corrected chi connectivity index (χ1v) is 1.82. The summed E-state index contributed by atoms with van der Waals surface area (Å²) >= 11 is 0. The van der Waals surface area contributed by atoms with Crippen LogP contribution >= 0.6 is 17.0 Å². The normalized spacial score (nSPS) is 4.62. The number of allylic oxidation sites excluding steroid dienone is 1. The van der Waals surface area contributed by atoms with E-state index < -0.39 is 0 Å². The van der Waals surface area contributed by atoms with Crippen LogP contribution in [0.15, 0.2) is 12.7 Å². The molecule has 0 nitrogen and oxygen atoms in total. The number of hydrogen-bond donors (Lipinski definition) is 0. The molecule has 0 atom stereocenters. The third-order valence-corrected chi connectivity index (χ3v) is 0.408. The van der Waals surface area contributed by atoms with E-state index in [1.54, 1.807) is 0 Å². The Morgan fingerprint density at radius 1 is 1.50 bits per heavy atom. The van der Waals surface area contributed by atoms with Gasteiger partial charge in [0.25, 0.3) is 0 Å². The second-order valence-electron chi connectivity index (χ2n) is 0.931. The van der Waals surface area contributed by atoms with Gasteiger partial charge in [-0.25, -0.2) is 0 Å². The van der Waals surface area contributed by atoms with Crippen LogP contribution in [0.1, 0.15) is 12.8 Å². The van der Waals surface area contributed by atoms with Crippen LogP contribution in [0.3, 0.4) is 0 Å². The second kappa shape index (κ2) is 24.5. The summed E-state index contributed by atoms with van der Waals surface area (Å²) in [6.45, 7) is 7.11. The molecule has 0 N–H and O–H groups in total. The molecule has 2 heteroatoms. The van der Waals surface area contributed by atoms with Crippen LogP contribution in [-0.4, -0.2) is 23.1 Å². The Morgan fingerprint density at radius 3 is 1.88 bits per heavy atom. The van der Waals surface area contributed by atoms with E-state index in [4.69, 9.17) is 0 Å². The Hall–Kier alpha value is 0.986. The predicted molar refractivity (Wildman–Crippen MR) is 47.3 cm³/mol. The van der Waals surface area contributed by atoms with Gasteiger partial charge in [0, 0.05) is 0 Å². The van der Waals surface area contributed by atoms with Gasteiger partial charge in [0.05, 0.1) is 0 Å².